The normalized spacial score (nSPS) is 19.0. The number of furan rings is 1. The minimum Gasteiger partial charge on any atom is -0.467 e. The highest BCUT2D eigenvalue weighted by molar-refractivity contribution is 5.93. The first-order chi connectivity index (χ1) is 13.4. The maximum atomic E-state index is 13.6. The molecule has 0 saturated heterocycles. The molecule has 146 valence electrons. The minimum atomic E-state index is -4.51. The Hall–Kier alpha value is -3.23. The van der Waals surface area contributed by atoms with E-state index >= 15 is 0 Å². The Bertz CT molecular complexity index is 951. The zero-order chi connectivity index (χ0) is 19.7. The number of benzene rings is 1. The van der Waals surface area contributed by atoms with Crippen molar-refractivity contribution in [1.82, 2.24) is 15.1 Å². The van der Waals surface area contributed by atoms with E-state index in [1.165, 1.54) is 12.3 Å². The Morgan fingerprint density at radius 2 is 2.04 bits per heavy atom. The Morgan fingerprint density at radius 3 is 2.71 bits per heavy atom. The molecule has 6 nitrogen and oxygen atoms in total. The number of nitrogens with zero attached hydrogens (tertiary/aromatic N) is 2. The molecule has 0 radical (unpaired) electrons. The van der Waals surface area contributed by atoms with Crippen LogP contribution in [-0.2, 0) is 6.54 Å². The molecule has 2 atom stereocenters. The Balaban J connectivity index is 1.57. The molecule has 2 N–H and O–H groups in total. The van der Waals surface area contributed by atoms with Crippen LogP contribution in [0.15, 0.2) is 59.2 Å². The van der Waals surface area contributed by atoms with E-state index in [0.717, 1.165) is 10.2 Å². The molecular formula is C19H17F3N4O2. The Morgan fingerprint density at radius 1 is 1.25 bits per heavy atom. The molecule has 1 aliphatic rings. The number of alkyl halides is 3. The van der Waals surface area contributed by atoms with Crippen molar-refractivity contribution in [1.29, 1.82) is 0 Å². The lowest BCUT2D eigenvalue weighted by Gasteiger charge is -2.32. The van der Waals surface area contributed by atoms with E-state index in [0.29, 0.717) is 5.76 Å². The van der Waals surface area contributed by atoms with Crippen LogP contribution in [0.2, 0.25) is 0 Å². The maximum absolute atomic E-state index is 13.6. The third kappa shape index (κ3) is 3.60. The fourth-order valence-corrected chi connectivity index (χ4v) is 3.23. The number of carbonyl (C=O) groups excluding carboxylic acids is 1. The van der Waals surface area contributed by atoms with Crippen molar-refractivity contribution in [2.24, 2.45) is 0 Å². The molecule has 2 aromatic heterocycles. The van der Waals surface area contributed by atoms with Gasteiger partial charge >= 0.3 is 6.18 Å². The van der Waals surface area contributed by atoms with E-state index in [1.807, 2.05) is 30.3 Å². The summed E-state index contributed by atoms with van der Waals surface area (Å²) >= 11 is 0. The molecule has 1 amide bonds. The molecule has 9 heteroatoms. The van der Waals surface area contributed by atoms with Gasteiger partial charge in [-0.1, -0.05) is 30.3 Å². The van der Waals surface area contributed by atoms with Gasteiger partial charge in [-0.3, -0.25) is 4.79 Å². The minimum absolute atomic E-state index is 0.0761. The number of hydrogen-bond donors (Lipinski definition) is 2. The topological polar surface area (TPSA) is 72.1 Å². The second-order valence-corrected chi connectivity index (χ2v) is 6.53. The fraction of sp³-hybridized carbons (Fsp3) is 0.263. The van der Waals surface area contributed by atoms with Crippen molar-refractivity contribution in [3.63, 3.8) is 0 Å². The lowest BCUT2D eigenvalue weighted by atomic mass is 10.0. The summed E-state index contributed by atoms with van der Waals surface area (Å²) in [6.07, 6.45) is -3.38. The zero-order valence-corrected chi connectivity index (χ0v) is 14.6. The second-order valence-electron chi connectivity index (χ2n) is 6.53. The van der Waals surface area contributed by atoms with Crippen molar-refractivity contribution >= 4 is 11.7 Å². The highest BCUT2D eigenvalue weighted by atomic mass is 19.4. The van der Waals surface area contributed by atoms with Crippen LogP contribution in [0, 0.1) is 0 Å². The monoisotopic (exact) mass is 390 g/mol. The number of halogens is 3. The van der Waals surface area contributed by atoms with Gasteiger partial charge in [-0.15, -0.1) is 0 Å². The van der Waals surface area contributed by atoms with E-state index in [1.54, 1.807) is 12.1 Å². The van der Waals surface area contributed by atoms with Crippen molar-refractivity contribution in [3.8, 4) is 0 Å². The van der Waals surface area contributed by atoms with Crippen LogP contribution in [0.4, 0.5) is 19.0 Å². The predicted octanol–water partition coefficient (Wildman–Crippen LogP) is 4.07. The predicted molar refractivity (Wildman–Crippen MR) is 94.6 cm³/mol. The fourth-order valence-electron chi connectivity index (χ4n) is 3.23. The van der Waals surface area contributed by atoms with Crippen molar-refractivity contribution in [3.05, 3.63) is 71.8 Å². The van der Waals surface area contributed by atoms with Gasteiger partial charge in [-0.2, -0.15) is 18.3 Å². The first-order valence-corrected chi connectivity index (χ1v) is 8.70. The molecule has 28 heavy (non-hydrogen) atoms. The molecule has 1 aromatic carbocycles. The number of amides is 1. The summed E-state index contributed by atoms with van der Waals surface area (Å²) in [5.41, 5.74) is 0.803. The van der Waals surface area contributed by atoms with Gasteiger partial charge in [0.15, 0.2) is 11.7 Å². The van der Waals surface area contributed by atoms with E-state index in [-0.39, 0.29) is 24.5 Å². The van der Waals surface area contributed by atoms with E-state index < -0.39 is 24.2 Å². The molecule has 2 unspecified atom stereocenters. The number of hydrogen-bond acceptors (Lipinski definition) is 4. The summed E-state index contributed by atoms with van der Waals surface area (Å²) in [6.45, 7) is 0.257. The summed E-state index contributed by atoms with van der Waals surface area (Å²) in [5.74, 6) is -0.0142. The summed E-state index contributed by atoms with van der Waals surface area (Å²) in [7, 11) is 0. The van der Waals surface area contributed by atoms with Gasteiger partial charge in [-0.25, -0.2) is 4.68 Å². The molecule has 0 saturated carbocycles. The van der Waals surface area contributed by atoms with Crippen LogP contribution in [0.25, 0.3) is 0 Å². The van der Waals surface area contributed by atoms with Gasteiger partial charge in [0.1, 0.15) is 11.6 Å². The first-order valence-electron chi connectivity index (χ1n) is 8.70. The lowest BCUT2D eigenvalue weighted by molar-refractivity contribution is -0.174. The summed E-state index contributed by atoms with van der Waals surface area (Å²) in [5, 5.41) is 9.57. The summed E-state index contributed by atoms with van der Waals surface area (Å²) < 4.78 is 46.9. The number of aromatic nitrogens is 2. The number of fused-ring (bicyclic) bond motifs is 1. The molecule has 0 aliphatic carbocycles. The van der Waals surface area contributed by atoms with Crippen LogP contribution in [0.3, 0.4) is 0 Å². The second kappa shape index (κ2) is 7.06. The molecule has 3 aromatic rings. The highest BCUT2D eigenvalue weighted by Gasteiger charge is 2.47. The molecule has 1 aliphatic heterocycles. The van der Waals surface area contributed by atoms with Crippen LogP contribution in [0.1, 0.15) is 40.3 Å². The summed E-state index contributed by atoms with van der Waals surface area (Å²) in [4.78, 5) is 12.4. The molecule has 0 bridgehead atoms. The van der Waals surface area contributed by atoms with Gasteiger partial charge < -0.3 is 15.1 Å². The van der Waals surface area contributed by atoms with Crippen molar-refractivity contribution in [2.45, 2.75) is 31.2 Å². The molecule has 4 rings (SSSR count). The quantitative estimate of drug-likeness (QED) is 0.705. The zero-order valence-electron chi connectivity index (χ0n) is 14.6. The van der Waals surface area contributed by atoms with E-state index in [4.69, 9.17) is 4.42 Å². The SMILES string of the molecule is O=C(NCc1ccccc1)c1cc2n(n1)C(C(F)(F)F)CC(c1ccco1)N2. The van der Waals surface area contributed by atoms with Crippen molar-refractivity contribution in [2.75, 3.05) is 5.32 Å². The maximum Gasteiger partial charge on any atom is 0.410 e. The smallest absolute Gasteiger partial charge is 0.410 e. The van der Waals surface area contributed by atoms with Gasteiger partial charge in [0, 0.05) is 19.0 Å². The van der Waals surface area contributed by atoms with E-state index in [9.17, 15) is 18.0 Å². The average molecular weight is 390 g/mol. The third-order valence-corrected chi connectivity index (χ3v) is 4.61. The highest BCUT2D eigenvalue weighted by Crippen LogP contribution is 2.43. The largest absolute Gasteiger partial charge is 0.467 e. The average Bonchev–Trinajstić information content (AvgIpc) is 3.34. The van der Waals surface area contributed by atoms with Crippen LogP contribution in [-0.4, -0.2) is 21.9 Å². The van der Waals surface area contributed by atoms with Crippen LogP contribution in [0.5, 0.6) is 0 Å². The number of rotatable bonds is 4. The summed E-state index contributed by atoms with van der Waals surface area (Å²) in [6, 6.07) is 11.3. The van der Waals surface area contributed by atoms with Crippen LogP contribution >= 0.6 is 0 Å². The number of nitrogens with one attached hydrogen (secondary N) is 2. The first kappa shape index (κ1) is 18.1. The standard InChI is InChI=1S/C19H17F3N4O2/c20-19(21,22)16-9-13(15-7-4-8-28-15)24-17-10-14(25-26(16)17)18(27)23-11-12-5-2-1-3-6-12/h1-8,10,13,16,24H,9,11H2,(H,23,27). The number of carbonyl (C=O) groups is 1. The van der Waals surface area contributed by atoms with Gasteiger partial charge in [0.05, 0.1) is 12.3 Å². The molecule has 3 heterocycles. The number of anilines is 1. The third-order valence-electron chi connectivity index (χ3n) is 4.61. The molecular weight excluding hydrogens is 373 g/mol. The van der Waals surface area contributed by atoms with E-state index in [2.05, 4.69) is 15.7 Å². The molecule has 0 fully saturated rings. The molecule has 0 spiro atoms. The Labute approximate surface area is 158 Å². The Kier molecular flexibility index (Phi) is 4.58. The van der Waals surface area contributed by atoms with Crippen LogP contribution < -0.4 is 10.6 Å². The van der Waals surface area contributed by atoms with Gasteiger partial charge in [0.2, 0.25) is 0 Å². The van der Waals surface area contributed by atoms with Gasteiger partial charge in [-0.05, 0) is 17.7 Å². The van der Waals surface area contributed by atoms with Crippen molar-refractivity contribution < 1.29 is 22.4 Å². The lowest BCUT2D eigenvalue weighted by Crippen LogP contribution is -2.35. The van der Waals surface area contributed by atoms with Gasteiger partial charge in [0.25, 0.3) is 5.91 Å².